The number of ether oxygens (including phenoxy) is 1. The Morgan fingerprint density at radius 3 is 2.37 bits per heavy atom. The largest absolute Gasteiger partial charge is 0.495 e. The lowest BCUT2D eigenvalue weighted by molar-refractivity contribution is -0.116. The van der Waals surface area contributed by atoms with Gasteiger partial charge in [0.15, 0.2) is 0 Å². The molecule has 0 saturated carbocycles. The van der Waals surface area contributed by atoms with Crippen molar-refractivity contribution >= 4 is 37.3 Å². The fourth-order valence-corrected chi connectivity index (χ4v) is 6.63. The van der Waals surface area contributed by atoms with Crippen molar-refractivity contribution in [3.63, 3.8) is 0 Å². The molecule has 1 fully saturated rings. The number of benzene rings is 2. The van der Waals surface area contributed by atoms with Crippen molar-refractivity contribution in [2.75, 3.05) is 42.6 Å². The number of hydrogen-bond donors (Lipinski definition) is 1. The fraction of sp³-hybridized carbons (Fsp3) is 0.458. The zero-order valence-electron chi connectivity index (χ0n) is 20.6. The molecule has 11 heteroatoms. The van der Waals surface area contributed by atoms with Gasteiger partial charge in [-0.3, -0.25) is 9.10 Å². The van der Waals surface area contributed by atoms with E-state index in [0.717, 1.165) is 30.2 Å². The molecule has 1 amide bonds. The Morgan fingerprint density at radius 2 is 1.74 bits per heavy atom. The Hall–Kier alpha value is -2.63. The van der Waals surface area contributed by atoms with Gasteiger partial charge in [0.05, 0.1) is 29.6 Å². The van der Waals surface area contributed by atoms with Crippen LogP contribution in [0.15, 0.2) is 41.3 Å². The highest BCUT2D eigenvalue weighted by atomic mass is 32.2. The number of carbonyl (C=O) groups is 1. The van der Waals surface area contributed by atoms with Crippen molar-refractivity contribution in [2.45, 2.75) is 44.4 Å². The molecule has 0 aliphatic carbocycles. The van der Waals surface area contributed by atoms with Crippen molar-refractivity contribution in [2.24, 2.45) is 0 Å². The van der Waals surface area contributed by atoms with Crippen LogP contribution in [0.4, 0.5) is 11.4 Å². The molecular formula is C24H33N3O6S2. The average molecular weight is 524 g/mol. The van der Waals surface area contributed by atoms with Crippen molar-refractivity contribution in [3.8, 4) is 5.75 Å². The minimum atomic E-state index is -3.65. The summed E-state index contributed by atoms with van der Waals surface area (Å²) >= 11 is 0. The van der Waals surface area contributed by atoms with Gasteiger partial charge in [0.25, 0.3) is 0 Å². The van der Waals surface area contributed by atoms with E-state index in [0.29, 0.717) is 24.5 Å². The van der Waals surface area contributed by atoms with Gasteiger partial charge in [-0.25, -0.2) is 16.8 Å². The lowest BCUT2D eigenvalue weighted by atomic mass is 10.1. The summed E-state index contributed by atoms with van der Waals surface area (Å²) in [6, 6.07) is 9.99. The first-order chi connectivity index (χ1) is 16.4. The molecule has 0 spiro atoms. The van der Waals surface area contributed by atoms with Crippen LogP contribution in [0.3, 0.4) is 0 Å². The Bertz CT molecular complexity index is 1290. The first-order valence-corrected chi connectivity index (χ1v) is 14.8. The molecule has 35 heavy (non-hydrogen) atoms. The van der Waals surface area contributed by atoms with E-state index in [4.69, 9.17) is 4.74 Å². The third kappa shape index (κ3) is 6.53. The Balaban J connectivity index is 1.71. The molecule has 1 N–H and O–H groups in total. The summed E-state index contributed by atoms with van der Waals surface area (Å²) in [5, 5.41) is 2.72. The smallest absolute Gasteiger partial charge is 0.243 e. The SMILES string of the molecule is COc1ccc(S(=O)(=O)N2CCCC2)cc1NC(=O)CCCN(c1cc(C)ccc1C)S(C)(=O)=O. The summed E-state index contributed by atoms with van der Waals surface area (Å²) in [4.78, 5) is 12.8. The monoisotopic (exact) mass is 523 g/mol. The van der Waals surface area contributed by atoms with Crippen LogP contribution >= 0.6 is 0 Å². The zero-order valence-corrected chi connectivity index (χ0v) is 22.2. The van der Waals surface area contributed by atoms with Crippen LogP contribution in [0.2, 0.25) is 0 Å². The standard InChI is InChI=1S/C24H33N3O6S2/c1-18-9-10-19(2)22(16-18)27(34(4,29)30)15-7-8-24(28)25-21-17-20(11-12-23(21)33-3)35(31,32)26-13-5-6-14-26/h9-12,16-17H,5-8,13-15H2,1-4H3,(H,25,28). The van der Waals surface area contributed by atoms with E-state index < -0.39 is 20.0 Å². The van der Waals surface area contributed by atoms with Gasteiger partial charge in [-0.15, -0.1) is 0 Å². The van der Waals surface area contributed by atoms with Crippen LogP contribution in [0.5, 0.6) is 5.75 Å². The van der Waals surface area contributed by atoms with Gasteiger partial charge in [-0.2, -0.15) is 4.31 Å². The topological polar surface area (TPSA) is 113 Å². The molecule has 1 heterocycles. The van der Waals surface area contributed by atoms with E-state index in [1.54, 1.807) is 0 Å². The second-order valence-corrected chi connectivity index (χ2v) is 12.6. The van der Waals surface area contributed by atoms with Crippen molar-refractivity contribution in [1.82, 2.24) is 4.31 Å². The van der Waals surface area contributed by atoms with Crippen molar-refractivity contribution in [1.29, 1.82) is 0 Å². The summed E-state index contributed by atoms with van der Waals surface area (Å²) in [7, 11) is -5.76. The molecular weight excluding hydrogens is 490 g/mol. The molecule has 0 bridgehead atoms. The third-order valence-corrected chi connectivity index (χ3v) is 9.02. The number of aryl methyl sites for hydroxylation is 2. The number of anilines is 2. The first-order valence-electron chi connectivity index (χ1n) is 11.5. The molecule has 1 aliphatic rings. The lowest BCUT2D eigenvalue weighted by Crippen LogP contribution is -2.32. The number of hydrogen-bond acceptors (Lipinski definition) is 6. The van der Waals surface area contributed by atoms with E-state index >= 15 is 0 Å². The van der Waals surface area contributed by atoms with E-state index in [9.17, 15) is 21.6 Å². The number of rotatable bonds is 10. The number of nitrogens with zero attached hydrogens (tertiary/aromatic N) is 2. The summed E-state index contributed by atoms with van der Waals surface area (Å²) in [5.41, 5.74) is 2.61. The molecule has 0 atom stereocenters. The maximum Gasteiger partial charge on any atom is 0.243 e. The summed E-state index contributed by atoms with van der Waals surface area (Å²) in [5.74, 6) is -0.0275. The van der Waals surface area contributed by atoms with Gasteiger partial charge >= 0.3 is 0 Å². The van der Waals surface area contributed by atoms with Crippen molar-refractivity contribution in [3.05, 3.63) is 47.5 Å². The molecule has 9 nitrogen and oxygen atoms in total. The van der Waals surface area contributed by atoms with Crippen LogP contribution in [0.25, 0.3) is 0 Å². The van der Waals surface area contributed by atoms with Gasteiger partial charge < -0.3 is 10.1 Å². The van der Waals surface area contributed by atoms with E-state index in [-0.39, 0.29) is 35.9 Å². The predicted octanol–water partition coefficient (Wildman–Crippen LogP) is 3.28. The predicted molar refractivity (Wildman–Crippen MR) is 137 cm³/mol. The highest BCUT2D eigenvalue weighted by molar-refractivity contribution is 7.92. The normalized spacial score (nSPS) is 14.6. The van der Waals surface area contributed by atoms with Crippen molar-refractivity contribution < 1.29 is 26.4 Å². The molecule has 1 saturated heterocycles. The van der Waals surface area contributed by atoms with Crippen LogP contribution < -0.4 is 14.4 Å². The zero-order chi connectivity index (χ0) is 25.8. The Kier molecular flexibility index (Phi) is 8.45. The number of methoxy groups -OCH3 is 1. The Morgan fingerprint density at radius 1 is 1.06 bits per heavy atom. The fourth-order valence-electron chi connectivity index (χ4n) is 4.07. The molecule has 0 unspecified atom stereocenters. The molecule has 0 radical (unpaired) electrons. The van der Waals surface area contributed by atoms with Gasteiger partial charge in [0, 0.05) is 26.1 Å². The van der Waals surface area contributed by atoms with Gasteiger partial charge in [-0.1, -0.05) is 12.1 Å². The van der Waals surface area contributed by atoms with E-state index in [2.05, 4.69) is 5.32 Å². The quantitative estimate of drug-likeness (QED) is 0.511. The van der Waals surface area contributed by atoms with Crippen LogP contribution in [-0.2, 0) is 24.8 Å². The van der Waals surface area contributed by atoms with E-state index in [1.807, 2.05) is 32.0 Å². The molecule has 3 rings (SSSR count). The van der Waals surface area contributed by atoms with E-state index in [1.165, 1.54) is 33.9 Å². The lowest BCUT2D eigenvalue weighted by Gasteiger charge is -2.24. The van der Waals surface area contributed by atoms with Gasteiger partial charge in [0.1, 0.15) is 5.75 Å². The second kappa shape index (κ2) is 11.0. The first kappa shape index (κ1) is 27.0. The maximum absolute atomic E-state index is 12.9. The molecule has 0 aromatic heterocycles. The molecule has 2 aromatic rings. The third-order valence-electron chi connectivity index (χ3n) is 5.95. The second-order valence-electron chi connectivity index (χ2n) is 8.75. The molecule has 2 aromatic carbocycles. The van der Waals surface area contributed by atoms with Crippen LogP contribution in [-0.4, -0.2) is 60.0 Å². The van der Waals surface area contributed by atoms with Crippen LogP contribution in [0, 0.1) is 13.8 Å². The number of sulfonamides is 2. The summed E-state index contributed by atoms with van der Waals surface area (Å²) in [6.45, 7) is 4.83. The van der Waals surface area contributed by atoms with Gasteiger partial charge in [0.2, 0.25) is 26.0 Å². The average Bonchev–Trinajstić information content (AvgIpc) is 3.34. The summed E-state index contributed by atoms with van der Waals surface area (Å²) < 4.78 is 58.7. The minimum absolute atomic E-state index is 0.0448. The summed E-state index contributed by atoms with van der Waals surface area (Å²) in [6.07, 6.45) is 3.12. The molecule has 192 valence electrons. The van der Waals surface area contributed by atoms with Crippen LogP contribution in [0.1, 0.15) is 36.8 Å². The maximum atomic E-state index is 12.9. The number of carbonyl (C=O) groups excluding carboxylic acids is 1. The Labute approximate surface area is 208 Å². The number of nitrogens with one attached hydrogen (secondary N) is 1. The molecule has 1 aliphatic heterocycles. The highest BCUT2D eigenvalue weighted by Gasteiger charge is 2.28. The number of amides is 1. The highest BCUT2D eigenvalue weighted by Crippen LogP contribution is 2.30. The van der Waals surface area contributed by atoms with Gasteiger partial charge in [-0.05, 0) is 68.5 Å². The minimum Gasteiger partial charge on any atom is -0.495 e.